The molecule has 1 fully saturated rings. The van der Waals surface area contributed by atoms with E-state index in [4.69, 9.17) is 11.6 Å². The number of hydrogen-bond acceptors (Lipinski definition) is 4. The van der Waals surface area contributed by atoms with Crippen LogP contribution in [0.4, 0.5) is 11.4 Å². The van der Waals surface area contributed by atoms with Crippen LogP contribution in [0, 0.1) is 0 Å². The van der Waals surface area contributed by atoms with Crippen molar-refractivity contribution in [2.24, 2.45) is 0 Å². The van der Waals surface area contributed by atoms with Crippen molar-refractivity contribution in [3.63, 3.8) is 0 Å². The summed E-state index contributed by atoms with van der Waals surface area (Å²) >= 11 is 8.97. The van der Waals surface area contributed by atoms with Crippen LogP contribution in [0.3, 0.4) is 0 Å². The van der Waals surface area contributed by atoms with Gasteiger partial charge < -0.3 is 10.2 Å². The van der Waals surface area contributed by atoms with Crippen molar-refractivity contribution >= 4 is 57.9 Å². The summed E-state index contributed by atoms with van der Waals surface area (Å²) in [6, 6.07) is 11.3. The lowest BCUT2D eigenvalue weighted by Gasteiger charge is -2.19. The smallest absolute Gasteiger partial charge is 0.234 e. The lowest BCUT2D eigenvalue weighted by Crippen LogP contribution is -2.26. The van der Waals surface area contributed by atoms with Crippen molar-refractivity contribution in [2.45, 2.75) is 18.6 Å². The van der Waals surface area contributed by atoms with Crippen molar-refractivity contribution in [3.8, 4) is 0 Å². The number of thiophene rings is 1. The van der Waals surface area contributed by atoms with Gasteiger partial charge in [0.2, 0.25) is 11.8 Å². The van der Waals surface area contributed by atoms with Crippen LogP contribution in [0.5, 0.6) is 0 Å². The Kier molecular flexibility index (Phi) is 5.81. The molecule has 2 amide bonds. The van der Waals surface area contributed by atoms with E-state index < -0.39 is 0 Å². The Hall–Kier alpha value is -1.50. The molecular weight excluding hydrogens is 364 g/mol. The third-order valence-corrected chi connectivity index (χ3v) is 6.04. The van der Waals surface area contributed by atoms with Crippen LogP contribution in [0.25, 0.3) is 0 Å². The molecule has 2 aromatic rings. The van der Waals surface area contributed by atoms with Crippen LogP contribution >= 0.6 is 34.7 Å². The number of para-hydroxylation sites is 2. The number of anilines is 2. The lowest BCUT2D eigenvalue weighted by molar-refractivity contribution is -0.117. The summed E-state index contributed by atoms with van der Waals surface area (Å²) in [7, 11) is 0. The van der Waals surface area contributed by atoms with E-state index in [-0.39, 0.29) is 11.8 Å². The fourth-order valence-corrected chi connectivity index (χ4v) is 4.60. The Balaban J connectivity index is 1.57. The molecule has 0 atom stereocenters. The van der Waals surface area contributed by atoms with E-state index in [0.29, 0.717) is 24.4 Å². The molecule has 1 aliphatic rings. The maximum Gasteiger partial charge on any atom is 0.234 e. The van der Waals surface area contributed by atoms with Gasteiger partial charge in [0.25, 0.3) is 0 Å². The van der Waals surface area contributed by atoms with Gasteiger partial charge in [0.1, 0.15) is 0 Å². The van der Waals surface area contributed by atoms with Crippen LogP contribution in [0.1, 0.15) is 17.7 Å². The Morgan fingerprint density at radius 3 is 2.83 bits per heavy atom. The zero-order chi connectivity index (χ0) is 16.9. The summed E-state index contributed by atoms with van der Waals surface area (Å²) < 4.78 is 0.763. The van der Waals surface area contributed by atoms with Crippen molar-refractivity contribution in [1.29, 1.82) is 0 Å². The van der Waals surface area contributed by atoms with Crippen LogP contribution in [-0.2, 0) is 15.3 Å². The van der Waals surface area contributed by atoms with Gasteiger partial charge in [-0.2, -0.15) is 0 Å². The summed E-state index contributed by atoms with van der Waals surface area (Å²) in [4.78, 5) is 27.0. The predicted molar refractivity (Wildman–Crippen MR) is 102 cm³/mol. The molecule has 0 saturated carbocycles. The SMILES string of the molecule is O=C(CSCc1ccc(Cl)s1)Nc1ccccc1N1CCCC1=O. The molecular formula is C17H17ClN2O2S2. The number of carbonyl (C=O) groups excluding carboxylic acids is 2. The maximum absolute atomic E-state index is 12.2. The molecule has 1 aromatic carbocycles. The topological polar surface area (TPSA) is 49.4 Å². The van der Waals surface area contributed by atoms with Gasteiger partial charge in [-0.1, -0.05) is 23.7 Å². The van der Waals surface area contributed by atoms with E-state index >= 15 is 0 Å². The average molecular weight is 381 g/mol. The normalized spacial score (nSPS) is 14.2. The van der Waals surface area contributed by atoms with E-state index in [1.165, 1.54) is 11.3 Å². The summed E-state index contributed by atoms with van der Waals surface area (Å²) in [5.41, 5.74) is 1.47. The van der Waals surface area contributed by atoms with E-state index in [9.17, 15) is 9.59 Å². The van der Waals surface area contributed by atoms with Gasteiger partial charge in [0.05, 0.1) is 21.5 Å². The summed E-state index contributed by atoms with van der Waals surface area (Å²) in [5.74, 6) is 1.16. The second-order valence-corrected chi connectivity index (χ2v) is 8.20. The number of nitrogens with zero attached hydrogens (tertiary/aromatic N) is 1. The number of amides is 2. The number of carbonyl (C=O) groups is 2. The highest BCUT2D eigenvalue weighted by Gasteiger charge is 2.24. The minimum absolute atomic E-state index is 0.0678. The molecule has 0 unspecified atom stereocenters. The highest BCUT2D eigenvalue weighted by Crippen LogP contribution is 2.30. The van der Waals surface area contributed by atoms with Crippen LogP contribution in [0.2, 0.25) is 4.34 Å². The van der Waals surface area contributed by atoms with Crippen molar-refractivity contribution in [1.82, 2.24) is 0 Å². The van der Waals surface area contributed by atoms with Gasteiger partial charge in [-0.25, -0.2) is 0 Å². The molecule has 2 heterocycles. The van der Waals surface area contributed by atoms with Gasteiger partial charge in [0, 0.05) is 23.6 Å². The molecule has 7 heteroatoms. The largest absolute Gasteiger partial charge is 0.324 e. The monoisotopic (exact) mass is 380 g/mol. The van der Waals surface area contributed by atoms with Gasteiger partial charge in [-0.15, -0.1) is 23.1 Å². The minimum atomic E-state index is -0.0678. The van der Waals surface area contributed by atoms with Crippen LogP contribution in [-0.4, -0.2) is 24.1 Å². The zero-order valence-electron chi connectivity index (χ0n) is 13.0. The fraction of sp³-hybridized carbons (Fsp3) is 0.294. The summed E-state index contributed by atoms with van der Waals surface area (Å²) in [5, 5.41) is 2.92. The molecule has 4 nitrogen and oxygen atoms in total. The number of benzene rings is 1. The van der Waals surface area contributed by atoms with Crippen molar-refractivity contribution in [3.05, 3.63) is 45.6 Å². The second kappa shape index (κ2) is 8.05. The maximum atomic E-state index is 12.2. The van der Waals surface area contributed by atoms with E-state index in [1.807, 2.05) is 36.4 Å². The highest BCUT2D eigenvalue weighted by atomic mass is 35.5. The Morgan fingerprint density at radius 2 is 2.12 bits per heavy atom. The molecule has 0 aliphatic carbocycles. The first-order chi connectivity index (χ1) is 11.6. The zero-order valence-corrected chi connectivity index (χ0v) is 15.3. The van der Waals surface area contributed by atoms with Crippen LogP contribution < -0.4 is 10.2 Å². The fourth-order valence-electron chi connectivity index (χ4n) is 2.58. The first-order valence-electron chi connectivity index (χ1n) is 7.64. The molecule has 1 saturated heterocycles. The van der Waals surface area contributed by atoms with E-state index in [1.54, 1.807) is 16.7 Å². The van der Waals surface area contributed by atoms with Crippen molar-refractivity contribution in [2.75, 3.05) is 22.5 Å². The molecule has 24 heavy (non-hydrogen) atoms. The number of nitrogens with one attached hydrogen (secondary N) is 1. The molecule has 1 N–H and O–H groups in total. The van der Waals surface area contributed by atoms with Gasteiger partial charge in [0.15, 0.2) is 0 Å². The Labute approximate surface area is 154 Å². The predicted octanol–water partition coefficient (Wildman–Crippen LogP) is 4.40. The summed E-state index contributed by atoms with van der Waals surface area (Å²) in [6.07, 6.45) is 1.43. The molecule has 3 rings (SSSR count). The molecule has 0 spiro atoms. The van der Waals surface area contributed by atoms with Crippen molar-refractivity contribution < 1.29 is 9.59 Å². The minimum Gasteiger partial charge on any atom is -0.324 e. The summed E-state index contributed by atoms with van der Waals surface area (Å²) in [6.45, 7) is 0.708. The molecule has 1 aromatic heterocycles. The van der Waals surface area contributed by atoms with Gasteiger partial charge in [-0.3, -0.25) is 9.59 Å². The first-order valence-corrected chi connectivity index (χ1v) is 9.99. The molecule has 126 valence electrons. The van der Waals surface area contributed by atoms with Gasteiger partial charge >= 0.3 is 0 Å². The van der Waals surface area contributed by atoms with E-state index in [2.05, 4.69) is 5.32 Å². The molecule has 0 bridgehead atoms. The second-order valence-electron chi connectivity index (χ2n) is 5.41. The quantitative estimate of drug-likeness (QED) is 0.807. The third kappa shape index (κ3) is 4.32. The highest BCUT2D eigenvalue weighted by molar-refractivity contribution is 7.99. The molecule has 1 aliphatic heterocycles. The lowest BCUT2D eigenvalue weighted by atomic mass is 10.2. The number of thioether (sulfide) groups is 1. The number of halogens is 1. The Morgan fingerprint density at radius 1 is 1.29 bits per heavy atom. The third-order valence-electron chi connectivity index (χ3n) is 3.65. The number of rotatable bonds is 6. The Bertz CT molecular complexity index is 748. The number of hydrogen-bond donors (Lipinski definition) is 1. The van der Waals surface area contributed by atoms with E-state index in [0.717, 1.165) is 27.1 Å². The first kappa shape index (κ1) is 17.3. The average Bonchev–Trinajstić information content (AvgIpc) is 3.16. The molecule has 0 radical (unpaired) electrons. The van der Waals surface area contributed by atoms with Crippen LogP contribution in [0.15, 0.2) is 36.4 Å². The van der Waals surface area contributed by atoms with Gasteiger partial charge in [-0.05, 0) is 30.7 Å². The standard InChI is InChI=1S/C17H17ClN2O2S2/c18-15-8-7-12(24-15)10-23-11-16(21)19-13-4-1-2-5-14(13)20-9-3-6-17(20)22/h1-2,4-5,7-8H,3,6,9-11H2,(H,19,21).